The van der Waals surface area contributed by atoms with Crippen molar-refractivity contribution in [3.8, 4) is 79.7 Å². The van der Waals surface area contributed by atoms with Crippen LogP contribution in [0.4, 0.5) is 57.1 Å². The fourth-order valence-electron chi connectivity index (χ4n) is 22.3. The highest BCUT2D eigenvalue weighted by Gasteiger charge is 2.61. The highest BCUT2D eigenvalue weighted by Crippen LogP contribution is 2.58. The van der Waals surface area contributed by atoms with Crippen molar-refractivity contribution in [1.82, 2.24) is 13.7 Å². The van der Waals surface area contributed by atoms with Crippen molar-refractivity contribution in [1.29, 1.82) is 0 Å². The number of benzene rings is 12. The molecule has 33 rings (SSSR count). The van der Waals surface area contributed by atoms with E-state index in [0.717, 1.165) is 84.5 Å². The van der Waals surface area contributed by atoms with Gasteiger partial charge in [-0.25, -0.2) is 18.1 Å². The van der Waals surface area contributed by atoms with E-state index < -0.39 is 7.80 Å². The zero-order chi connectivity index (χ0) is 77.6. The van der Waals surface area contributed by atoms with Gasteiger partial charge in [-0.2, -0.15) is 13.7 Å². The maximum absolute atomic E-state index is 6.41. The van der Waals surface area contributed by atoms with Gasteiger partial charge < -0.3 is 37.5 Å². The molecule has 0 saturated carbocycles. The molecule has 0 amide bonds. The van der Waals surface area contributed by atoms with Gasteiger partial charge in [0.2, 0.25) is 18.1 Å². The molecule has 6 aromatic heterocycles. The molecule has 0 aliphatic carbocycles. The Morgan fingerprint density at radius 2 is 0.917 bits per heavy atom. The number of pyridine rings is 2. The molecule has 0 spiro atoms. The second kappa shape index (κ2) is 23.6. The molecule has 0 saturated heterocycles. The van der Waals surface area contributed by atoms with Crippen LogP contribution in [0.5, 0.6) is 23.0 Å². The van der Waals surface area contributed by atoms with Gasteiger partial charge in [0.15, 0.2) is 36.5 Å². The van der Waals surface area contributed by atoms with E-state index >= 15 is 0 Å². The molecule has 120 heavy (non-hydrogen) atoms. The largest absolute Gasteiger partial charge is 0.755 e. The zero-order valence-corrected chi connectivity index (χ0v) is 65.3. The Kier molecular flexibility index (Phi) is 12.7. The quantitative estimate of drug-likeness (QED) is 0.0897. The highest BCUT2D eigenvalue weighted by atomic mass is 31.1. The molecular formula is C96H64B5N13O5P+5. The monoisotopic (exact) mass is 1560 g/mol. The van der Waals surface area contributed by atoms with E-state index in [1.807, 2.05) is 48.9 Å². The zero-order valence-electron chi connectivity index (χ0n) is 64.4. The number of oxazole rings is 1. The van der Waals surface area contributed by atoms with Crippen molar-refractivity contribution >= 4 is 149 Å². The van der Waals surface area contributed by atoms with Crippen LogP contribution >= 0.6 is 7.80 Å². The molecule has 0 bridgehead atoms. The molecule has 24 heteroatoms. The smallest absolute Gasteiger partial charge is 0.536 e. The molecule has 0 radical (unpaired) electrons. The molecule has 558 valence electrons. The number of anilines is 10. The van der Waals surface area contributed by atoms with Crippen LogP contribution in [0.3, 0.4) is 0 Å². The number of hydrogen-bond donors (Lipinski definition) is 0. The summed E-state index contributed by atoms with van der Waals surface area (Å²) >= 11 is 0. The first-order valence-corrected chi connectivity index (χ1v) is 42.7. The molecule has 1 atom stereocenters. The first-order chi connectivity index (χ1) is 59.6. The summed E-state index contributed by atoms with van der Waals surface area (Å²) in [6.45, 7) is 4.97. The lowest BCUT2D eigenvalue weighted by atomic mass is 9.66. The molecular weight excluding hydrogens is 1500 g/mol. The minimum Gasteiger partial charge on any atom is -0.536 e. The van der Waals surface area contributed by atoms with E-state index in [1.165, 1.54) is 156 Å². The molecule has 18 nitrogen and oxygen atoms in total. The second-order valence-electron chi connectivity index (χ2n) is 32.9. The Balaban J connectivity index is 0.0000000763. The van der Waals surface area contributed by atoms with E-state index in [-0.39, 0.29) is 28.5 Å². The SMILES string of the molecule is c1ccc(P2B3c4cccc5c4-c4c(ccc[n+]4C5)N3c3ccccc32)cc1.c1ccc2c(c1)OB1N2c2cccc3c2-c2n(c4ccccc4[n+]21)C3.c1ccc2c(c1)OB1N2c2cccc3c2-c2n(cc[n+]21)C3.c1ccc2c(c1)OB1c3ccc[n+]4c3-c3c(c5ccccc5n3C4)N12.c1ccc2c(c1)OB1c3cccc4c3-c3c(oc[n+]3C4)N12. The fraction of sp³-hybridized carbons (Fsp3) is 0.0521. The Morgan fingerprint density at radius 1 is 0.358 bits per heavy atom. The molecule has 15 aliphatic heterocycles. The van der Waals surface area contributed by atoms with E-state index in [2.05, 4.69) is 340 Å². The Morgan fingerprint density at radius 3 is 1.69 bits per heavy atom. The predicted octanol–water partition coefficient (Wildman–Crippen LogP) is 13.3. The van der Waals surface area contributed by atoms with Crippen molar-refractivity contribution in [2.24, 2.45) is 0 Å². The predicted molar refractivity (Wildman–Crippen MR) is 470 cm³/mol. The molecule has 1 unspecified atom stereocenters. The number of nitrogens with zero attached hydrogens (tertiary/aromatic N) is 13. The first-order valence-electron chi connectivity index (χ1n) is 41.3. The molecule has 0 N–H and O–H groups in total. The molecule has 21 heterocycles. The van der Waals surface area contributed by atoms with E-state index in [9.17, 15) is 0 Å². The van der Waals surface area contributed by atoms with E-state index in [1.54, 1.807) is 0 Å². The lowest BCUT2D eigenvalue weighted by Crippen LogP contribution is -2.64. The van der Waals surface area contributed by atoms with Gasteiger partial charge in [0.1, 0.15) is 59.9 Å². The summed E-state index contributed by atoms with van der Waals surface area (Å²) in [5, 5.41) is 4.25. The summed E-state index contributed by atoms with van der Waals surface area (Å²) in [6, 6.07) is 106. The molecule has 12 aromatic carbocycles. The summed E-state index contributed by atoms with van der Waals surface area (Å²) < 4.78 is 49.8. The minimum absolute atomic E-state index is 0.0929. The van der Waals surface area contributed by atoms with Gasteiger partial charge in [-0.1, -0.05) is 188 Å². The summed E-state index contributed by atoms with van der Waals surface area (Å²) in [4.78, 5) is 11.8. The van der Waals surface area contributed by atoms with Crippen molar-refractivity contribution < 1.29 is 45.7 Å². The van der Waals surface area contributed by atoms with Crippen LogP contribution in [0.25, 0.3) is 78.6 Å². The van der Waals surface area contributed by atoms with E-state index in [0.29, 0.717) is 6.57 Å². The maximum Gasteiger partial charge on any atom is 0.755 e. The summed E-state index contributed by atoms with van der Waals surface area (Å²) in [5.74, 6) is 7.18. The average Bonchev–Trinajstić information content (AvgIpc) is 1.49. The third-order valence-electron chi connectivity index (χ3n) is 26.9. The Hall–Kier alpha value is -14.7. The second-order valence-corrected chi connectivity index (χ2v) is 35.1. The van der Waals surface area contributed by atoms with Crippen molar-refractivity contribution in [2.45, 2.75) is 32.8 Å². The van der Waals surface area contributed by atoms with Gasteiger partial charge in [-0.15, -0.1) is 0 Å². The van der Waals surface area contributed by atoms with Gasteiger partial charge in [-0.05, 0) is 121 Å². The molecule has 0 fully saturated rings. The minimum atomic E-state index is -0.497. The van der Waals surface area contributed by atoms with Crippen molar-refractivity contribution in [2.75, 3.05) is 24.1 Å². The van der Waals surface area contributed by atoms with Crippen molar-refractivity contribution in [3.05, 3.63) is 351 Å². The van der Waals surface area contributed by atoms with E-state index in [4.69, 9.17) is 23.0 Å². The normalized spacial score (nSPS) is 15.8. The van der Waals surface area contributed by atoms with Crippen LogP contribution in [-0.4, -0.2) is 48.7 Å². The van der Waals surface area contributed by atoms with Crippen LogP contribution in [0.15, 0.2) is 333 Å². The summed E-state index contributed by atoms with van der Waals surface area (Å²) in [6.07, 6.45) is 10.5. The maximum atomic E-state index is 6.41. The van der Waals surface area contributed by atoms with Crippen LogP contribution in [0, 0.1) is 0 Å². The lowest BCUT2D eigenvalue weighted by molar-refractivity contribution is -0.681. The van der Waals surface area contributed by atoms with Gasteiger partial charge >= 0.3 is 41.4 Å². The van der Waals surface area contributed by atoms with Crippen LogP contribution in [0.1, 0.15) is 22.3 Å². The topological polar surface area (TPSA) is 100 Å². The summed E-state index contributed by atoms with van der Waals surface area (Å²) in [7, 11) is -0.991. The third-order valence-corrected chi connectivity index (χ3v) is 29.7. The number of aromatic nitrogens is 8. The number of fused-ring (bicyclic) bond motifs is 31. The average molecular weight is 1560 g/mol. The fourth-order valence-corrected chi connectivity index (χ4v) is 25.3. The first kappa shape index (κ1) is 64.5. The Labute approximate surface area is 691 Å². The third kappa shape index (κ3) is 8.33. The van der Waals surface area contributed by atoms with Gasteiger partial charge in [0.25, 0.3) is 23.2 Å². The standard InChI is InChI=1S/C24H17BN2P.2C20H13BN3O.C16H11BN3O.C16H10BN2O2/c1-2-9-18(10-3-1)28-22-14-5-4-12-20(22)27-21-13-7-15-26-16-17-8-6-11-19(25(27)28)23(17)24(21)26;1-2-8-15-14(7-1)22-12-13-6-5-10-17-19(13)20(22)24(15)21-23(17)16-9-3-4-11-18(16)25-21;1-2-8-15-13(6-1)18-20-19-14(7-5-11-22(19)12-23(15)20)21-24(18)16-9-3-4-10-17(16)25-21;1-2-7-14-12(5-1)20-13-6-3-4-11-10-18-8-9-19(17(20)21-14)16(18)15(11)13;1-2-7-13-12(6-1)19-16-15-14-10(8-18(15)9-20-16)4-3-5-11(14)17(19)21-13/h1-15H,16H2;2*1-11H,12H2;1-9H,10H2;1-7,9H,8H2/q5*+1. The number of hydrogen-bond acceptors (Lipinski definition) is 10. The number of rotatable bonds is 1. The number of imidazole rings is 2. The summed E-state index contributed by atoms with van der Waals surface area (Å²) in [5.41, 5.74) is 35.0. The van der Waals surface area contributed by atoms with Crippen molar-refractivity contribution in [3.63, 3.8) is 0 Å². The van der Waals surface area contributed by atoms with Gasteiger partial charge in [0, 0.05) is 50.9 Å². The van der Waals surface area contributed by atoms with Crippen LogP contribution < -0.4 is 92.3 Å². The highest BCUT2D eigenvalue weighted by molar-refractivity contribution is 8.04. The number of para-hydroxylation sites is 12. The molecule has 18 aromatic rings. The van der Waals surface area contributed by atoms with Crippen LogP contribution in [0.2, 0.25) is 0 Å². The molecule has 15 aliphatic rings. The Bertz CT molecular complexity index is 7660. The van der Waals surface area contributed by atoms with Gasteiger partial charge in [-0.3, -0.25) is 14.2 Å². The van der Waals surface area contributed by atoms with Crippen LogP contribution in [-0.2, 0) is 32.8 Å². The van der Waals surface area contributed by atoms with Gasteiger partial charge in [0.05, 0.1) is 73.0 Å². The lowest BCUT2D eigenvalue weighted by Gasteiger charge is -2.32.